The van der Waals surface area contributed by atoms with Crippen LogP contribution in [0.3, 0.4) is 0 Å². The van der Waals surface area contributed by atoms with Crippen molar-refractivity contribution in [2.45, 2.75) is 6.54 Å². The third-order valence-corrected chi connectivity index (χ3v) is 4.12. The number of nitrogens with one attached hydrogen (secondary N) is 1. The van der Waals surface area contributed by atoms with Crippen molar-refractivity contribution in [2.75, 3.05) is 7.11 Å². The van der Waals surface area contributed by atoms with Crippen LogP contribution in [-0.4, -0.2) is 33.2 Å². The van der Waals surface area contributed by atoms with Crippen LogP contribution >= 0.6 is 0 Å². The first-order chi connectivity index (χ1) is 12.2. The summed E-state index contributed by atoms with van der Waals surface area (Å²) < 4.78 is 7.22. The monoisotopic (exact) mass is 337 g/mol. The minimum Gasteiger partial charge on any atom is -0.496 e. The molecule has 0 unspecified atom stereocenters. The maximum atomic E-state index is 5.88. The molecule has 2 aliphatic rings. The van der Waals surface area contributed by atoms with Gasteiger partial charge in [-0.1, -0.05) is 18.2 Å². The summed E-state index contributed by atoms with van der Waals surface area (Å²) in [7, 11) is 3.56. The molecule has 0 bridgehead atoms. The van der Waals surface area contributed by atoms with Gasteiger partial charge in [-0.15, -0.1) is 0 Å². The predicted octanol–water partition coefficient (Wildman–Crippen LogP) is 1.18. The third-order valence-electron chi connectivity index (χ3n) is 4.12. The molecule has 3 N–H and O–H groups in total. The smallest absolute Gasteiger partial charge is 0.123 e. The van der Waals surface area contributed by atoms with Crippen LogP contribution < -0.4 is 16.0 Å². The van der Waals surface area contributed by atoms with Gasteiger partial charge < -0.3 is 4.74 Å². The number of aryl methyl sites for hydroxylation is 1. The Morgan fingerprint density at radius 1 is 1.28 bits per heavy atom. The van der Waals surface area contributed by atoms with E-state index >= 15 is 0 Å². The van der Waals surface area contributed by atoms with E-state index in [-0.39, 0.29) is 0 Å². The minimum absolute atomic E-state index is 0.604. The lowest BCUT2D eigenvalue weighted by Gasteiger charge is -2.25. The van der Waals surface area contributed by atoms with Crippen molar-refractivity contribution in [1.29, 1.82) is 0 Å². The summed E-state index contributed by atoms with van der Waals surface area (Å²) in [5.74, 6) is 6.72. The van der Waals surface area contributed by atoms with E-state index in [1.54, 1.807) is 18.1 Å². The highest BCUT2D eigenvalue weighted by Crippen LogP contribution is 2.34. The number of fused-ring (bicyclic) bond motifs is 1. The maximum Gasteiger partial charge on any atom is 0.123 e. The second kappa shape index (κ2) is 5.99. The molecule has 2 aromatic rings. The molecule has 1 aromatic heterocycles. The van der Waals surface area contributed by atoms with Crippen molar-refractivity contribution < 1.29 is 4.74 Å². The summed E-state index contributed by atoms with van der Waals surface area (Å²) in [6.07, 6.45) is 7.19. The highest BCUT2D eigenvalue weighted by atomic mass is 16.5. The van der Waals surface area contributed by atoms with Crippen molar-refractivity contribution in [3.05, 3.63) is 65.4 Å². The number of aromatic nitrogens is 2. The van der Waals surface area contributed by atoms with Crippen molar-refractivity contribution in [3.8, 4) is 5.75 Å². The van der Waals surface area contributed by atoms with Gasteiger partial charge in [-0.05, 0) is 6.07 Å². The van der Waals surface area contributed by atoms with Gasteiger partial charge in [-0.3, -0.25) is 20.1 Å². The molecule has 4 rings (SSSR count). The number of rotatable bonds is 4. The van der Waals surface area contributed by atoms with E-state index in [9.17, 15) is 0 Å². The van der Waals surface area contributed by atoms with E-state index < -0.39 is 0 Å². The zero-order chi connectivity index (χ0) is 17.4. The number of nitrogens with zero attached hydrogens (tertiary/aromatic N) is 5. The number of methoxy groups -OCH3 is 1. The lowest BCUT2D eigenvalue weighted by atomic mass is 10.1. The average Bonchev–Trinajstić information content (AvgIpc) is 3.19. The van der Waals surface area contributed by atoms with Gasteiger partial charge in [0, 0.05) is 30.6 Å². The van der Waals surface area contributed by atoms with Crippen LogP contribution in [0.15, 0.2) is 59.2 Å². The van der Waals surface area contributed by atoms with E-state index in [1.165, 1.54) is 5.01 Å². The predicted molar refractivity (Wildman–Crippen MR) is 94.4 cm³/mol. The molecular weight excluding hydrogens is 318 g/mol. The molecule has 0 saturated carbocycles. The Morgan fingerprint density at radius 3 is 2.88 bits per heavy atom. The van der Waals surface area contributed by atoms with E-state index in [2.05, 4.69) is 15.5 Å². The summed E-state index contributed by atoms with van der Waals surface area (Å²) in [6.45, 7) is 0.604. The van der Waals surface area contributed by atoms with Crippen LogP contribution in [0.25, 0.3) is 5.70 Å². The summed E-state index contributed by atoms with van der Waals surface area (Å²) in [5.41, 5.74) is 8.08. The first kappa shape index (κ1) is 15.3. The van der Waals surface area contributed by atoms with E-state index in [4.69, 9.17) is 10.6 Å². The van der Waals surface area contributed by atoms with Gasteiger partial charge in [-0.25, -0.2) is 10.8 Å². The fourth-order valence-electron chi connectivity index (χ4n) is 2.94. The van der Waals surface area contributed by atoms with Gasteiger partial charge in [0.05, 0.1) is 25.5 Å². The van der Waals surface area contributed by atoms with Crippen LogP contribution in [0.5, 0.6) is 5.75 Å². The van der Waals surface area contributed by atoms with Crippen molar-refractivity contribution in [3.63, 3.8) is 0 Å². The molecule has 0 aliphatic carbocycles. The molecule has 0 saturated heterocycles. The number of benzene rings is 1. The van der Waals surface area contributed by atoms with Gasteiger partial charge in [-0.2, -0.15) is 5.10 Å². The maximum absolute atomic E-state index is 5.88. The third kappa shape index (κ3) is 2.72. The quantitative estimate of drug-likeness (QED) is 0.815. The van der Waals surface area contributed by atoms with Crippen LogP contribution in [0.1, 0.15) is 11.1 Å². The van der Waals surface area contributed by atoms with Gasteiger partial charge in [0.1, 0.15) is 23.5 Å². The molecule has 128 valence electrons. The lowest BCUT2D eigenvalue weighted by molar-refractivity contribution is 0.295. The molecular formula is C17H19N7O. The lowest BCUT2D eigenvalue weighted by Crippen LogP contribution is -2.33. The van der Waals surface area contributed by atoms with Gasteiger partial charge in [0.25, 0.3) is 0 Å². The van der Waals surface area contributed by atoms with Gasteiger partial charge in [0.15, 0.2) is 0 Å². The molecule has 0 amide bonds. The number of ether oxygens (including phenoxy) is 1. The largest absolute Gasteiger partial charge is 0.496 e. The molecule has 8 heteroatoms. The van der Waals surface area contributed by atoms with Crippen LogP contribution in [0, 0.1) is 0 Å². The summed E-state index contributed by atoms with van der Waals surface area (Å²) >= 11 is 0. The standard InChI is InChI=1S/C17H19N7O/c1-22-8-13(7-20-22)16-17-14(10-23(18)11-19-17)24(21-16)9-12-5-3-4-6-15(12)25-2/h3-8,10-11,21H,9,18H2,1-2H3. The molecule has 0 radical (unpaired) electrons. The van der Waals surface area contributed by atoms with Crippen molar-refractivity contribution in [1.82, 2.24) is 25.2 Å². The molecule has 3 heterocycles. The molecule has 0 spiro atoms. The Hall–Kier alpha value is -3.26. The van der Waals surface area contributed by atoms with Gasteiger partial charge >= 0.3 is 0 Å². The van der Waals surface area contributed by atoms with E-state index in [0.717, 1.165) is 34.0 Å². The first-order valence-corrected chi connectivity index (χ1v) is 7.84. The zero-order valence-electron chi connectivity index (χ0n) is 14.0. The fourth-order valence-corrected chi connectivity index (χ4v) is 2.94. The summed E-state index contributed by atoms with van der Waals surface area (Å²) in [4.78, 5) is 4.49. The molecule has 1 aromatic carbocycles. The Labute approximate surface area is 145 Å². The Kier molecular flexibility index (Phi) is 3.66. The first-order valence-electron chi connectivity index (χ1n) is 7.84. The number of hydrogen-bond acceptors (Lipinski definition) is 7. The molecule has 0 fully saturated rings. The van der Waals surface area contributed by atoms with Crippen LogP contribution in [-0.2, 0) is 13.6 Å². The molecule has 8 nitrogen and oxygen atoms in total. The molecule has 25 heavy (non-hydrogen) atoms. The van der Waals surface area contributed by atoms with Crippen molar-refractivity contribution >= 4 is 12.0 Å². The molecule has 0 atom stereocenters. The number of aliphatic imine (C=N–C) groups is 1. The van der Waals surface area contributed by atoms with E-state index in [0.29, 0.717) is 6.54 Å². The van der Waals surface area contributed by atoms with E-state index in [1.807, 2.05) is 54.9 Å². The number of para-hydroxylation sites is 1. The normalized spacial score (nSPS) is 16.0. The van der Waals surface area contributed by atoms with Crippen molar-refractivity contribution in [2.24, 2.45) is 17.9 Å². The van der Waals surface area contributed by atoms with Gasteiger partial charge in [0.2, 0.25) is 0 Å². The van der Waals surface area contributed by atoms with Crippen LogP contribution in [0.2, 0.25) is 0 Å². The SMILES string of the molecule is COc1ccccc1CN1NC(c2cnn(C)c2)=C2N=CN(N)C=C21. The fraction of sp³-hybridized carbons (Fsp3) is 0.176. The zero-order valence-corrected chi connectivity index (χ0v) is 14.0. The Bertz CT molecular complexity index is 896. The summed E-state index contributed by atoms with van der Waals surface area (Å²) in [6, 6.07) is 7.93. The number of hydrogen-bond donors (Lipinski definition) is 2. The second-order valence-electron chi connectivity index (χ2n) is 5.84. The highest BCUT2D eigenvalue weighted by Gasteiger charge is 2.30. The second-order valence-corrected chi connectivity index (χ2v) is 5.84. The summed E-state index contributed by atoms with van der Waals surface area (Å²) in [5, 5.41) is 7.70. The number of hydrazine groups is 2. The topological polar surface area (TPSA) is 83.9 Å². The minimum atomic E-state index is 0.604. The Morgan fingerprint density at radius 2 is 2.12 bits per heavy atom. The number of nitrogens with two attached hydrogens (primary N) is 1. The Balaban J connectivity index is 1.69. The average molecular weight is 337 g/mol. The van der Waals surface area contributed by atoms with Crippen LogP contribution in [0.4, 0.5) is 0 Å². The molecule has 2 aliphatic heterocycles. The highest BCUT2D eigenvalue weighted by molar-refractivity contribution is 5.77.